The summed E-state index contributed by atoms with van der Waals surface area (Å²) < 4.78 is 48.6. The molecule has 3 aromatic carbocycles. The van der Waals surface area contributed by atoms with Crippen molar-refractivity contribution in [1.82, 2.24) is 19.2 Å². The van der Waals surface area contributed by atoms with Crippen LogP contribution < -0.4 is 4.74 Å². The Kier molecular flexibility index (Phi) is 13.0. The molecule has 0 aliphatic rings. The van der Waals surface area contributed by atoms with Gasteiger partial charge >= 0.3 is 12.1 Å². The molecule has 0 atom stereocenters. The van der Waals surface area contributed by atoms with Crippen LogP contribution in [0.1, 0.15) is 74.4 Å². The summed E-state index contributed by atoms with van der Waals surface area (Å²) in [6.07, 6.45) is 0.822. The molecule has 2 aromatic heterocycles. The van der Waals surface area contributed by atoms with E-state index in [1.165, 1.54) is 0 Å². The highest BCUT2D eigenvalue weighted by Gasteiger charge is 2.28. The molecule has 0 spiro atoms. The Balaban J connectivity index is 1.56. The first-order valence-electron chi connectivity index (χ1n) is 17.8. The Bertz CT molecular complexity index is 2110. The van der Waals surface area contributed by atoms with Crippen molar-refractivity contribution in [3.63, 3.8) is 0 Å². The van der Waals surface area contributed by atoms with Crippen LogP contribution >= 0.6 is 15.9 Å². The molecule has 2 heterocycles. The largest absolute Gasteiger partial charge is 0.493 e. The van der Waals surface area contributed by atoms with Crippen LogP contribution in [0.25, 0.3) is 38.9 Å². The summed E-state index contributed by atoms with van der Waals surface area (Å²) in [5.41, 5.74) is 3.38. The van der Waals surface area contributed by atoms with Crippen LogP contribution in [0, 0.1) is 0 Å². The molecule has 9 nitrogen and oxygen atoms in total. The fraction of sp³-hybridized carbons (Fsp3) is 0.390. The van der Waals surface area contributed by atoms with Crippen LogP contribution in [-0.4, -0.2) is 63.7 Å². The lowest BCUT2D eigenvalue weighted by molar-refractivity contribution is 0.0295. The quantitative estimate of drug-likeness (QED) is 0.0596. The zero-order valence-corrected chi connectivity index (χ0v) is 32.8. The first-order chi connectivity index (χ1) is 25.3. The molecule has 1 amide bonds. The number of halogens is 3. The lowest BCUT2D eigenvalue weighted by Gasteiger charge is -2.24. The van der Waals surface area contributed by atoms with Gasteiger partial charge in [-0.05, 0) is 70.4 Å². The van der Waals surface area contributed by atoms with Crippen LogP contribution in [0.2, 0.25) is 0 Å². The first kappa shape index (κ1) is 39.5. The van der Waals surface area contributed by atoms with Gasteiger partial charge in [0.1, 0.15) is 17.0 Å². The Labute approximate surface area is 317 Å². The smallest absolute Gasteiger partial charge is 0.410 e. The van der Waals surface area contributed by atoms with E-state index >= 15 is 0 Å². The molecule has 0 aliphatic heterocycles. The number of fused-ring (bicyclic) bond motifs is 2. The molecule has 0 aliphatic carbocycles. The molecular formula is C41H47BrF2N4O5. The van der Waals surface area contributed by atoms with E-state index in [-0.39, 0.29) is 12.3 Å². The third-order valence-electron chi connectivity index (χ3n) is 8.90. The van der Waals surface area contributed by atoms with E-state index in [1.54, 1.807) is 30.6 Å². The lowest BCUT2D eigenvalue weighted by atomic mass is 9.98. The standard InChI is InChI=1S/C41H47BrF2N4O5/c1-7-51-39(49)38-30(20-14-24-52-34-21-12-16-27-15-8-9-17-28(27)34)29-18-13-19-31(36-32(25-35(43)44)45-47(6)33(36)26-42)37(29)48(38)23-11-10-22-46(5)40(50)53-41(2,3)4/h8-9,12-13,15-19,21,25H,7,10-11,14,20,22-24,26H2,1-6H3. The van der Waals surface area contributed by atoms with Crippen molar-refractivity contribution in [2.24, 2.45) is 7.05 Å². The van der Waals surface area contributed by atoms with Crippen molar-refractivity contribution in [1.29, 1.82) is 0 Å². The van der Waals surface area contributed by atoms with Gasteiger partial charge in [-0.25, -0.2) is 9.59 Å². The van der Waals surface area contributed by atoms with Crippen molar-refractivity contribution in [3.05, 3.63) is 89.4 Å². The predicted molar refractivity (Wildman–Crippen MR) is 209 cm³/mol. The highest BCUT2D eigenvalue weighted by atomic mass is 79.9. The number of benzene rings is 3. The summed E-state index contributed by atoms with van der Waals surface area (Å²) in [5, 5.41) is 7.73. The maximum atomic E-state index is 13.9. The number of amides is 1. The molecule has 53 heavy (non-hydrogen) atoms. The van der Waals surface area contributed by atoms with Crippen molar-refractivity contribution in [3.8, 4) is 16.9 Å². The molecule has 0 saturated heterocycles. The minimum atomic E-state index is -1.86. The van der Waals surface area contributed by atoms with Gasteiger partial charge in [0.25, 0.3) is 6.08 Å². The number of rotatable bonds is 15. The van der Waals surface area contributed by atoms with Crippen LogP contribution in [0.5, 0.6) is 5.75 Å². The maximum Gasteiger partial charge on any atom is 0.410 e. The van der Waals surface area contributed by atoms with Gasteiger partial charge in [-0.1, -0.05) is 70.5 Å². The normalized spacial score (nSPS) is 11.6. The van der Waals surface area contributed by atoms with E-state index < -0.39 is 23.7 Å². The summed E-state index contributed by atoms with van der Waals surface area (Å²) in [4.78, 5) is 28.1. The van der Waals surface area contributed by atoms with Crippen LogP contribution in [0.15, 0.2) is 66.7 Å². The van der Waals surface area contributed by atoms with E-state index in [2.05, 4.69) is 21.0 Å². The zero-order valence-electron chi connectivity index (χ0n) is 31.2. The number of unbranched alkanes of at least 4 members (excludes halogenated alkanes) is 1. The van der Waals surface area contributed by atoms with Crippen LogP contribution in [0.4, 0.5) is 13.6 Å². The molecule has 282 valence electrons. The van der Waals surface area contributed by atoms with Gasteiger partial charge in [-0.3, -0.25) is 4.68 Å². The molecule has 0 bridgehead atoms. The van der Waals surface area contributed by atoms with Crippen molar-refractivity contribution >= 4 is 55.7 Å². The molecule has 12 heteroatoms. The van der Waals surface area contributed by atoms with Crippen molar-refractivity contribution < 1.29 is 32.6 Å². The van der Waals surface area contributed by atoms with Gasteiger partial charge in [-0.15, -0.1) is 0 Å². The minimum Gasteiger partial charge on any atom is -0.493 e. The number of para-hydroxylation sites is 1. The van der Waals surface area contributed by atoms with E-state index in [0.29, 0.717) is 73.2 Å². The molecule has 0 saturated carbocycles. The van der Waals surface area contributed by atoms with Gasteiger partial charge in [0, 0.05) is 60.5 Å². The number of nitrogens with zero attached hydrogens (tertiary/aromatic N) is 4. The Morgan fingerprint density at radius 2 is 1.70 bits per heavy atom. The van der Waals surface area contributed by atoms with E-state index in [0.717, 1.165) is 39.1 Å². The lowest BCUT2D eigenvalue weighted by Crippen LogP contribution is -2.34. The second kappa shape index (κ2) is 17.4. The fourth-order valence-electron chi connectivity index (χ4n) is 6.63. The number of carbonyl (C=O) groups excluding carboxylic acids is 2. The summed E-state index contributed by atoms with van der Waals surface area (Å²) in [5.74, 6) is 0.321. The van der Waals surface area contributed by atoms with E-state index in [9.17, 15) is 18.4 Å². The highest BCUT2D eigenvalue weighted by molar-refractivity contribution is 9.08. The third-order valence-corrected chi connectivity index (χ3v) is 9.43. The monoisotopic (exact) mass is 792 g/mol. The predicted octanol–water partition coefficient (Wildman–Crippen LogP) is 10.2. The molecule has 5 aromatic rings. The number of hydrogen-bond donors (Lipinski definition) is 0. The Morgan fingerprint density at radius 3 is 2.42 bits per heavy atom. The number of carbonyl (C=O) groups is 2. The average molecular weight is 794 g/mol. The number of ether oxygens (including phenoxy) is 3. The number of esters is 1. The van der Waals surface area contributed by atoms with Gasteiger partial charge < -0.3 is 23.7 Å². The fourth-order valence-corrected chi connectivity index (χ4v) is 7.27. The van der Waals surface area contributed by atoms with Gasteiger partial charge in [0.2, 0.25) is 0 Å². The number of alkyl halides is 1. The van der Waals surface area contributed by atoms with Crippen molar-refractivity contribution in [2.45, 2.75) is 70.9 Å². The summed E-state index contributed by atoms with van der Waals surface area (Å²) in [6.45, 7) is 8.67. The topological polar surface area (TPSA) is 87.8 Å². The molecule has 0 N–H and O–H groups in total. The van der Waals surface area contributed by atoms with Gasteiger partial charge in [-0.2, -0.15) is 13.9 Å². The molecule has 0 unspecified atom stereocenters. The minimum absolute atomic E-state index is 0.129. The summed E-state index contributed by atoms with van der Waals surface area (Å²) in [7, 11) is 3.42. The second-order valence-corrected chi connectivity index (χ2v) is 14.4. The highest BCUT2D eigenvalue weighted by Crippen LogP contribution is 2.40. The van der Waals surface area contributed by atoms with E-state index in [4.69, 9.17) is 14.2 Å². The van der Waals surface area contributed by atoms with Crippen LogP contribution in [-0.2, 0) is 34.8 Å². The third kappa shape index (κ3) is 9.27. The maximum absolute atomic E-state index is 13.9. The number of hydrogen-bond acceptors (Lipinski definition) is 6. The molecule has 0 radical (unpaired) electrons. The number of aromatic nitrogens is 3. The molecule has 5 rings (SSSR count). The van der Waals surface area contributed by atoms with Crippen molar-refractivity contribution in [2.75, 3.05) is 26.8 Å². The van der Waals surface area contributed by atoms with Crippen LogP contribution in [0.3, 0.4) is 0 Å². The number of aryl methyl sites for hydroxylation is 3. The first-order valence-corrected chi connectivity index (χ1v) is 19.0. The Morgan fingerprint density at radius 1 is 0.981 bits per heavy atom. The SMILES string of the molecule is CCOC(=O)c1c(CCCOc2cccc3ccccc23)c2cccc(-c3c(C=C(F)F)nn(C)c3CBr)c2n1CCCCN(C)C(=O)OC(C)(C)C. The average Bonchev–Trinajstić information content (AvgIpc) is 3.60. The van der Waals surface area contributed by atoms with E-state index in [1.807, 2.05) is 86.0 Å². The summed E-state index contributed by atoms with van der Waals surface area (Å²) in [6, 6.07) is 19.7. The summed E-state index contributed by atoms with van der Waals surface area (Å²) >= 11 is 3.55. The molecular weight excluding hydrogens is 746 g/mol. The Hall–Kier alpha value is -4.71. The van der Waals surface area contributed by atoms with Gasteiger partial charge in [0.15, 0.2) is 0 Å². The zero-order chi connectivity index (χ0) is 38.3. The second-order valence-electron chi connectivity index (χ2n) is 13.8. The van der Waals surface area contributed by atoms with Gasteiger partial charge in [0.05, 0.1) is 30.1 Å². The molecule has 0 fully saturated rings.